The average Bonchev–Trinajstić information content (AvgIpc) is 3.12. The molecule has 3 rings (SSSR count). The Morgan fingerprint density at radius 2 is 1.80 bits per heavy atom. The lowest BCUT2D eigenvalue weighted by Gasteiger charge is -2.30. The fraction of sp³-hybridized carbons (Fsp3) is 0.929. The maximum absolute atomic E-state index is 12.5. The second-order valence-corrected chi connectivity index (χ2v) is 6.03. The average molecular weight is 324 g/mol. The second-order valence-electron chi connectivity index (χ2n) is 6.03. The predicted molar refractivity (Wildman–Crippen MR) is 85.9 cm³/mol. The largest absolute Gasteiger partial charge is 0.338 e. The molecule has 4 nitrogen and oxygen atoms in total. The van der Waals surface area contributed by atoms with Crippen LogP contribution in [0.15, 0.2) is 0 Å². The summed E-state index contributed by atoms with van der Waals surface area (Å²) < 4.78 is 0. The lowest BCUT2D eigenvalue weighted by atomic mass is 10.1. The van der Waals surface area contributed by atoms with E-state index >= 15 is 0 Å². The third-order valence-electron chi connectivity index (χ3n) is 4.74. The molecule has 0 aromatic rings. The van der Waals surface area contributed by atoms with Gasteiger partial charge in [0.2, 0.25) is 5.91 Å². The van der Waals surface area contributed by atoms with E-state index in [2.05, 4.69) is 15.1 Å². The van der Waals surface area contributed by atoms with Gasteiger partial charge in [0.1, 0.15) is 0 Å². The molecule has 0 spiro atoms. The van der Waals surface area contributed by atoms with Gasteiger partial charge >= 0.3 is 0 Å². The molecular weight excluding hydrogens is 297 g/mol. The molecule has 0 aliphatic carbocycles. The first kappa shape index (κ1) is 18.0. The molecule has 1 amide bonds. The van der Waals surface area contributed by atoms with E-state index in [1.54, 1.807) is 0 Å². The van der Waals surface area contributed by atoms with Crippen LogP contribution in [0, 0.1) is 5.92 Å². The van der Waals surface area contributed by atoms with Crippen LogP contribution in [-0.4, -0.2) is 61.0 Å². The van der Waals surface area contributed by atoms with Gasteiger partial charge in [-0.1, -0.05) is 0 Å². The molecule has 0 aromatic heterocycles. The van der Waals surface area contributed by atoms with Crippen molar-refractivity contribution in [2.45, 2.75) is 38.1 Å². The van der Waals surface area contributed by atoms with Crippen LogP contribution in [0.25, 0.3) is 0 Å². The normalized spacial score (nSPS) is 30.1. The van der Waals surface area contributed by atoms with Crippen LogP contribution >= 0.6 is 24.8 Å². The minimum Gasteiger partial charge on any atom is -0.338 e. The molecular formula is C14H27Cl2N3O. The summed E-state index contributed by atoms with van der Waals surface area (Å²) in [5.41, 5.74) is 0. The standard InChI is InChI=1S/C14H25N3O.2ClH/c18-14(12-5-6-15-10-12)17-9-3-4-13(17)11-16-7-1-2-8-16;;/h12-13,15H,1-11H2;2*1H. The van der Waals surface area contributed by atoms with E-state index in [0.717, 1.165) is 32.6 Å². The first-order valence-corrected chi connectivity index (χ1v) is 7.58. The van der Waals surface area contributed by atoms with Crippen molar-refractivity contribution in [3.63, 3.8) is 0 Å². The van der Waals surface area contributed by atoms with Gasteiger partial charge in [-0.25, -0.2) is 0 Å². The van der Waals surface area contributed by atoms with Gasteiger partial charge in [-0.3, -0.25) is 4.79 Å². The summed E-state index contributed by atoms with van der Waals surface area (Å²) >= 11 is 0. The van der Waals surface area contributed by atoms with Crippen molar-refractivity contribution in [1.29, 1.82) is 0 Å². The number of hydrogen-bond acceptors (Lipinski definition) is 3. The highest BCUT2D eigenvalue weighted by Crippen LogP contribution is 2.23. The lowest BCUT2D eigenvalue weighted by molar-refractivity contribution is -0.136. The molecule has 6 heteroatoms. The molecule has 2 unspecified atom stereocenters. The van der Waals surface area contributed by atoms with E-state index in [1.807, 2.05) is 0 Å². The number of rotatable bonds is 3. The Balaban J connectivity index is 0.000001000. The molecule has 20 heavy (non-hydrogen) atoms. The zero-order valence-electron chi connectivity index (χ0n) is 12.1. The van der Waals surface area contributed by atoms with Gasteiger partial charge < -0.3 is 15.1 Å². The molecule has 3 saturated heterocycles. The summed E-state index contributed by atoms with van der Waals surface area (Å²) in [4.78, 5) is 17.2. The zero-order chi connectivity index (χ0) is 12.4. The van der Waals surface area contributed by atoms with Crippen molar-refractivity contribution in [1.82, 2.24) is 15.1 Å². The van der Waals surface area contributed by atoms with Crippen LogP contribution in [0.1, 0.15) is 32.1 Å². The van der Waals surface area contributed by atoms with Crippen molar-refractivity contribution < 1.29 is 4.79 Å². The molecule has 3 aliphatic heterocycles. The van der Waals surface area contributed by atoms with E-state index in [1.165, 1.54) is 38.8 Å². The fourth-order valence-corrected chi connectivity index (χ4v) is 3.68. The Morgan fingerprint density at radius 3 is 2.45 bits per heavy atom. The monoisotopic (exact) mass is 323 g/mol. The number of carbonyl (C=O) groups excluding carboxylic acids is 1. The van der Waals surface area contributed by atoms with Crippen molar-refractivity contribution in [2.24, 2.45) is 5.92 Å². The fourth-order valence-electron chi connectivity index (χ4n) is 3.68. The lowest BCUT2D eigenvalue weighted by Crippen LogP contribution is -2.45. The number of likely N-dealkylation sites (tertiary alicyclic amines) is 2. The number of nitrogens with zero attached hydrogens (tertiary/aromatic N) is 2. The van der Waals surface area contributed by atoms with Crippen molar-refractivity contribution in [3.05, 3.63) is 0 Å². The van der Waals surface area contributed by atoms with Crippen LogP contribution < -0.4 is 5.32 Å². The van der Waals surface area contributed by atoms with E-state index in [0.29, 0.717) is 11.9 Å². The van der Waals surface area contributed by atoms with Crippen LogP contribution in [0.3, 0.4) is 0 Å². The molecule has 0 aromatic carbocycles. The topological polar surface area (TPSA) is 35.6 Å². The van der Waals surface area contributed by atoms with Crippen LogP contribution in [-0.2, 0) is 4.79 Å². The van der Waals surface area contributed by atoms with E-state index in [4.69, 9.17) is 0 Å². The van der Waals surface area contributed by atoms with Gasteiger partial charge in [-0.15, -0.1) is 24.8 Å². The van der Waals surface area contributed by atoms with E-state index < -0.39 is 0 Å². The van der Waals surface area contributed by atoms with Gasteiger partial charge in [-0.05, 0) is 51.7 Å². The number of carbonyl (C=O) groups is 1. The first-order valence-electron chi connectivity index (χ1n) is 7.58. The molecule has 3 fully saturated rings. The van der Waals surface area contributed by atoms with E-state index in [-0.39, 0.29) is 30.7 Å². The maximum Gasteiger partial charge on any atom is 0.227 e. The molecule has 3 heterocycles. The van der Waals surface area contributed by atoms with Crippen molar-refractivity contribution in [2.75, 3.05) is 39.3 Å². The third kappa shape index (κ3) is 4.00. The Bertz CT molecular complexity index is 305. The number of hydrogen-bond donors (Lipinski definition) is 1. The Labute approximate surface area is 134 Å². The van der Waals surface area contributed by atoms with Gasteiger partial charge in [0, 0.05) is 25.7 Å². The molecule has 118 valence electrons. The maximum atomic E-state index is 12.5. The van der Waals surface area contributed by atoms with Gasteiger partial charge in [0.05, 0.1) is 5.92 Å². The zero-order valence-corrected chi connectivity index (χ0v) is 13.7. The van der Waals surface area contributed by atoms with Gasteiger partial charge in [0.25, 0.3) is 0 Å². The summed E-state index contributed by atoms with van der Waals surface area (Å²) in [5, 5.41) is 3.31. The SMILES string of the molecule is Cl.Cl.O=C(C1CCNC1)N1CCCC1CN1CCCC1. The minimum atomic E-state index is 0. The molecule has 1 N–H and O–H groups in total. The molecule has 3 aliphatic rings. The number of nitrogens with one attached hydrogen (secondary N) is 1. The Kier molecular flexibility index (Phi) is 7.59. The minimum absolute atomic E-state index is 0. The highest BCUT2D eigenvalue weighted by atomic mass is 35.5. The molecule has 2 atom stereocenters. The summed E-state index contributed by atoms with van der Waals surface area (Å²) in [6.07, 6.45) is 6.12. The van der Waals surface area contributed by atoms with Crippen molar-refractivity contribution in [3.8, 4) is 0 Å². The van der Waals surface area contributed by atoms with E-state index in [9.17, 15) is 4.79 Å². The first-order chi connectivity index (χ1) is 8.84. The van der Waals surface area contributed by atoms with Crippen LogP contribution in [0.4, 0.5) is 0 Å². The summed E-state index contributed by atoms with van der Waals surface area (Å²) in [6, 6.07) is 0.496. The molecule has 0 bridgehead atoms. The van der Waals surface area contributed by atoms with Gasteiger partial charge in [-0.2, -0.15) is 0 Å². The summed E-state index contributed by atoms with van der Waals surface area (Å²) in [6.45, 7) is 6.50. The van der Waals surface area contributed by atoms with Crippen LogP contribution in [0.2, 0.25) is 0 Å². The smallest absolute Gasteiger partial charge is 0.227 e. The third-order valence-corrected chi connectivity index (χ3v) is 4.74. The number of amides is 1. The summed E-state index contributed by atoms with van der Waals surface area (Å²) in [7, 11) is 0. The predicted octanol–water partition coefficient (Wildman–Crippen LogP) is 1.53. The highest BCUT2D eigenvalue weighted by Gasteiger charge is 2.35. The van der Waals surface area contributed by atoms with Gasteiger partial charge in [0.15, 0.2) is 0 Å². The number of halogens is 2. The molecule has 0 saturated carbocycles. The van der Waals surface area contributed by atoms with Crippen LogP contribution in [0.5, 0.6) is 0 Å². The highest BCUT2D eigenvalue weighted by molar-refractivity contribution is 5.85. The molecule has 0 radical (unpaired) electrons. The Morgan fingerprint density at radius 1 is 1.05 bits per heavy atom. The summed E-state index contributed by atoms with van der Waals surface area (Å²) in [5.74, 6) is 0.672. The quantitative estimate of drug-likeness (QED) is 0.855. The van der Waals surface area contributed by atoms with Crippen molar-refractivity contribution >= 4 is 30.7 Å². The Hall–Kier alpha value is -0.0300. The second kappa shape index (κ2) is 8.42.